The van der Waals surface area contributed by atoms with Crippen molar-refractivity contribution >= 4 is 15.9 Å². The summed E-state index contributed by atoms with van der Waals surface area (Å²) in [5, 5.41) is 7.92. The van der Waals surface area contributed by atoms with E-state index in [-0.39, 0.29) is 23.4 Å². The number of nitrogens with one attached hydrogen (secondary N) is 1. The lowest BCUT2D eigenvalue weighted by Crippen LogP contribution is -2.36. The van der Waals surface area contributed by atoms with E-state index in [4.69, 9.17) is 9.56 Å². The Hall–Kier alpha value is -2.16. The Balaban J connectivity index is 1.96. The normalized spacial score (nSPS) is 13.0. The smallest absolute Gasteiger partial charge is 0.238 e. The molecule has 0 aliphatic heterocycles. The highest BCUT2D eigenvalue weighted by Gasteiger charge is 2.17. The summed E-state index contributed by atoms with van der Waals surface area (Å²) in [6.07, 6.45) is 1.55. The van der Waals surface area contributed by atoms with Gasteiger partial charge in [-0.25, -0.2) is 13.6 Å². The van der Waals surface area contributed by atoms with E-state index in [0.717, 1.165) is 5.56 Å². The second-order valence-electron chi connectivity index (χ2n) is 5.56. The van der Waals surface area contributed by atoms with Gasteiger partial charge in [-0.3, -0.25) is 9.69 Å². The SMILES string of the molecule is C[C@@H](c1cccc(S(N)(=O)=O)c1)N(C)CC(=O)NCc1ccco1. The number of hydrogen-bond acceptors (Lipinski definition) is 5. The average molecular weight is 351 g/mol. The molecule has 2 aromatic rings. The van der Waals surface area contributed by atoms with Crippen molar-refractivity contribution in [3.8, 4) is 0 Å². The van der Waals surface area contributed by atoms with Gasteiger partial charge >= 0.3 is 0 Å². The summed E-state index contributed by atoms with van der Waals surface area (Å²) in [4.78, 5) is 13.9. The number of sulfonamides is 1. The van der Waals surface area contributed by atoms with Gasteiger partial charge < -0.3 is 9.73 Å². The second-order valence-corrected chi connectivity index (χ2v) is 7.13. The third-order valence-electron chi connectivity index (χ3n) is 3.76. The van der Waals surface area contributed by atoms with Crippen molar-refractivity contribution < 1.29 is 17.6 Å². The van der Waals surface area contributed by atoms with Crippen molar-refractivity contribution in [3.63, 3.8) is 0 Å². The number of nitrogens with two attached hydrogens (primary N) is 1. The van der Waals surface area contributed by atoms with Crippen LogP contribution in [-0.4, -0.2) is 32.8 Å². The molecule has 0 spiro atoms. The van der Waals surface area contributed by atoms with Gasteiger partial charge in [-0.1, -0.05) is 12.1 Å². The second kappa shape index (κ2) is 7.61. The maximum atomic E-state index is 12.0. The van der Waals surface area contributed by atoms with E-state index < -0.39 is 10.0 Å². The van der Waals surface area contributed by atoms with E-state index in [2.05, 4.69) is 5.32 Å². The summed E-state index contributed by atoms with van der Waals surface area (Å²) in [6, 6.07) is 9.80. The van der Waals surface area contributed by atoms with Crippen LogP contribution in [0.5, 0.6) is 0 Å². The Morgan fingerprint density at radius 1 is 1.33 bits per heavy atom. The van der Waals surface area contributed by atoms with Crippen molar-refractivity contribution in [2.45, 2.75) is 24.4 Å². The van der Waals surface area contributed by atoms with Crippen LogP contribution < -0.4 is 10.5 Å². The molecular formula is C16H21N3O4S. The zero-order valence-electron chi connectivity index (χ0n) is 13.6. The maximum Gasteiger partial charge on any atom is 0.238 e. The van der Waals surface area contributed by atoms with Crippen LogP contribution in [-0.2, 0) is 21.4 Å². The number of amides is 1. The average Bonchev–Trinajstić information content (AvgIpc) is 3.05. The van der Waals surface area contributed by atoms with Gasteiger partial charge in [0.1, 0.15) is 5.76 Å². The van der Waals surface area contributed by atoms with Crippen LogP contribution >= 0.6 is 0 Å². The number of hydrogen-bond donors (Lipinski definition) is 2. The first-order valence-corrected chi connectivity index (χ1v) is 8.94. The van der Waals surface area contributed by atoms with E-state index in [1.807, 2.05) is 11.8 Å². The molecule has 0 saturated carbocycles. The van der Waals surface area contributed by atoms with Gasteiger partial charge in [-0.05, 0) is 43.8 Å². The highest BCUT2D eigenvalue weighted by Crippen LogP contribution is 2.21. The molecule has 24 heavy (non-hydrogen) atoms. The van der Waals surface area contributed by atoms with E-state index in [1.165, 1.54) is 12.1 Å². The van der Waals surface area contributed by atoms with Gasteiger partial charge in [0.05, 0.1) is 24.2 Å². The van der Waals surface area contributed by atoms with Crippen molar-refractivity contribution in [3.05, 3.63) is 54.0 Å². The largest absolute Gasteiger partial charge is 0.467 e. The van der Waals surface area contributed by atoms with Crippen LogP contribution in [0.1, 0.15) is 24.3 Å². The molecule has 130 valence electrons. The summed E-state index contributed by atoms with van der Waals surface area (Å²) in [7, 11) is -1.96. The first kappa shape index (κ1) is 18.2. The molecule has 0 fully saturated rings. The predicted molar refractivity (Wildman–Crippen MR) is 89.4 cm³/mol. The fourth-order valence-electron chi connectivity index (χ4n) is 2.22. The van der Waals surface area contributed by atoms with Crippen LogP contribution in [0.25, 0.3) is 0 Å². The third kappa shape index (κ3) is 4.92. The van der Waals surface area contributed by atoms with Crippen molar-refractivity contribution in [1.29, 1.82) is 0 Å². The lowest BCUT2D eigenvalue weighted by Gasteiger charge is -2.24. The van der Waals surface area contributed by atoms with Gasteiger partial charge in [0.15, 0.2) is 0 Å². The summed E-state index contributed by atoms with van der Waals surface area (Å²) < 4.78 is 28.0. The molecule has 7 nitrogen and oxygen atoms in total. The number of furan rings is 1. The molecule has 0 bridgehead atoms. The molecule has 0 unspecified atom stereocenters. The predicted octanol–water partition coefficient (Wildman–Crippen LogP) is 1.24. The quantitative estimate of drug-likeness (QED) is 0.780. The summed E-state index contributed by atoms with van der Waals surface area (Å²) in [5.41, 5.74) is 0.767. The molecule has 0 aliphatic rings. The Morgan fingerprint density at radius 2 is 2.08 bits per heavy atom. The molecule has 8 heteroatoms. The molecular weight excluding hydrogens is 330 g/mol. The van der Waals surface area contributed by atoms with E-state index >= 15 is 0 Å². The molecule has 3 N–H and O–H groups in total. The van der Waals surface area contributed by atoms with Gasteiger partial charge in [0, 0.05) is 6.04 Å². The fraction of sp³-hybridized carbons (Fsp3) is 0.312. The molecule has 0 radical (unpaired) electrons. The minimum atomic E-state index is -3.75. The maximum absolute atomic E-state index is 12.0. The van der Waals surface area contributed by atoms with Crippen molar-refractivity contribution in [1.82, 2.24) is 10.2 Å². The third-order valence-corrected chi connectivity index (χ3v) is 4.67. The van der Waals surface area contributed by atoms with E-state index in [9.17, 15) is 13.2 Å². The first-order chi connectivity index (χ1) is 11.3. The van der Waals surface area contributed by atoms with Gasteiger partial charge in [0.25, 0.3) is 0 Å². The molecule has 1 aromatic heterocycles. The summed E-state index contributed by atoms with van der Waals surface area (Å²) >= 11 is 0. The first-order valence-electron chi connectivity index (χ1n) is 7.39. The van der Waals surface area contributed by atoms with Crippen LogP contribution in [0.3, 0.4) is 0 Å². The van der Waals surface area contributed by atoms with Crippen molar-refractivity contribution in [2.24, 2.45) is 5.14 Å². The van der Waals surface area contributed by atoms with Gasteiger partial charge in [-0.15, -0.1) is 0 Å². The lowest BCUT2D eigenvalue weighted by atomic mass is 10.1. The van der Waals surface area contributed by atoms with Crippen LogP contribution in [0, 0.1) is 0 Å². The van der Waals surface area contributed by atoms with Crippen LogP contribution in [0.2, 0.25) is 0 Å². The number of benzene rings is 1. The molecule has 1 atom stereocenters. The van der Waals surface area contributed by atoms with E-state index in [0.29, 0.717) is 12.3 Å². The molecule has 2 rings (SSSR count). The van der Waals surface area contributed by atoms with Crippen molar-refractivity contribution in [2.75, 3.05) is 13.6 Å². The number of primary sulfonamides is 1. The lowest BCUT2D eigenvalue weighted by molar-refractivity contribution is -0.122. The van der Waals surface area contributed by atoms with E-state index in [1.54, 1.807) is 37.6 Å². The zero-order chi connectivity index (χ0) is 17.7. The standard InChI is InChI=1S/C16H21N3O4S/c1-12(13-5-3-7-15(9-13)24(17,21)22)19(2)11-16(20)18-10-14-6-4-8-23-14/h3-9,12H,10-11H2,1-2H3,(H,18,20)(H2,17,21,22)/t12-/m0/s1. The topological polar surface area (TPSA) is 106 Å². The highest BCUT2D eigenvalue weighted by molar-refractivity contribution is 7.89. The molecule has 1 amide bonds. The minimum absolute atomic E-state index is 0.0579. The number of rotatable bonds is 7. The van der Waals surface area contributed by atoms with Crippen LogP contribution in [0.15, 0.2) is 52.0 Å². The number of nitrogens with zero attached hydrogens (tertiary/aromatic N) is 1. The van der Waals surface area contributed by atoms with Gasteiger partial charge in [0.2, 0.25) is 15.9 Å². The Morgan fingerprint density at radius 3 is 2.71 bits per heavy atom. The number of carbonyl (C=O) groups excluding carboxylic acids is 1. The minimum Gasteiger partial charge on any atom is -0.467 e. The molecule has 1 heterocycles. The Bertz CT molecular complexity index is 787. The summed E-state index contributed by atoms with van der Waals surface area (Å²) in [5.74, 6) is 0.531. The molecule has 1 aromatic carbocycles. The molecule has 0 saturated heterocycles. The number of carbonyl (C=O) groups is 1. The highest BCUT2D eigenvalue weighted by atomic mass is 32.2. The monoisotopic (exact) mass is 351 g/mol. The van der Waals surface area contributed by atoms with Gasteiger partial charge in [-0.2, -0.15) is 0 Å². The number of likely N-dealkylation sites (N-methyl/N-ethyl adjacent to an activating group) is 1. The zero-order valence-corrected chi connectivity index (χ0v) is 14.4. The Kier molecular flexibility index (Phi) is 5.76. The van der Waals surface area contributed by atoms with Crippen LogP contribution in [0.4, 0.5) is 0 Å². The summed E-state index contributed by atoms with van der Waals surface area (Å²) in [6.45, 7) is 2.39. The fourth-order valence-corrected chi connectivity index (χ4v) is 2.79. The Labute approximate surface area is 141 Å². The molecule has 0 aliphatic carbocycles.